The van der Waals surface area contributed by atoms with Crippen LogP contribution in [0.2, 0.25) is 0 Å². The molecule has 0 atom stereocenters. The minimum Gasteiger partial charge on any atom is -0.497 e. The van der Waals surface area contributed by atoms with Crippen LogP contribution in [0, 0.1) is 0 Å². The summed E-state index contributed by atoms with van der Waals surface area (Å²) in [6.07, 6.45) is 3.42. The summed E-state index contributed by atoms with van der Waals surface area (Å²) in [7, 11) is 1.60. The van der Waals surface area contributed by atoms with Crippen molar-refractivity contribution in [3.8, 4) is 17.4 Å². The summed E-state index contributed by atoms with van der Waals surface area (Å²) < 4.78 is 10.8. The molecule has 1 aromatic carbocycles. The molecular weight excluding hydrogens is 242 g/mol. The maximum Gasteiger partial charge on any atom is 0.222 e. The van der Waals surface area contributed by atoms with Crippen molar-refractivity contribution >= 4 is 5.69 Å². The summed E-state index contributed by atoms with van der Waals surface area (Å²) in [4.78, 5) is 8.26. The highest BCUT2D eigenvalue weighted by Crippen LogP contribution is 2.30. The molecule has 0 unspecified atom stereocenters. The molecule has 0 saturated carbocycles. The van der Waals surface area contributed by atoms with Gasteiger partial charge in [-0.3, -0.25) is 0 Å². The van der Waals surface area contributed by atoms with Gasteiger partial charge in [0.25, 0.3) is 0 Å². The molecule has 0 saturated heterocycles. The van der Waals surface area contributed by atoms with E-state index in [1.807, 2.05) is 6.07 Å². The van der Waals surface area contributed by atoms with E-state index in [-0.39, 0.29) is 0 Å². The largest absolute Gasteiger partial charge is 0.497 e. The first-order chi connectivity index (χ1) is 9.22. The van der Waals surface area contributed by atoms with Crippen LogP contribution in [-0.2, 0) is 6.42 Å². The molecule has 0 aliphatic heterocycles. The van der Waals surface area contributed by atoms with Crippen molar-refractivity contribution in [3.63, 3.8) is 0 Å². The standard InChI is InChI=1S/C14H17N3O2/c1-3-4-10-7-14(17-9-16-10)19-13-8-11(18-2)5-6-12(13)15/h5-9H,3-4,15H2,1-2H3. The molecule has 5 nitrogen and oxygen atoms in total. The Balaban J connectivity index is 2.22. The van der Waals surface area contributed by atoms with Crippen molar-refractivity contribution in [3.05, 3.63) is 36.3 Å². The fraction of sp³-hybridized carbons (Fsp3) is 0.286. The van der Waals surface area contributed by atoms with E-state index in [0.717, 1.165) is 18.5 Å². The molecule has 1 heterocycles. The second kappa shape index (κ2) is 6.04. The molecule has 5 heteroatoms. The molecule has 19 heavy (non-hydrogen) atoms. The molecule has 0 radical (unpaired) electrons. The summed E-state index contributed by atoms with van der Waals surface area (Å²) in [6, 6.07) is 7.08. The lowest BCUT2D eigenvalue weighted by atomic mass is 10.2. The van der Waals surface area contributed by atoms with Gasteiger partial charge in [0.1, 0.15) is 12.1 Å². The number of ether oxygens (including phenoxy) is 2. The maximum atomic E-state index is 5.86. The number of benzene rings is 1. The van der Waals surface area contributed by atoms with E-state index in [0.29, 0.717) is 23.1 Å². The van der Waals surface area contributed by atoms with Crippen molar-refractivity contribution in [2.45, 2.75) is 19.8 Å². The van der Waals surface area contributed by atoms with E-state index in [9.17, 15) is 0 Å². The van der Waals surface area contributed by atoms with Gasteiger partial charge in [-0.25, -0.2) is 9.97 Å². The fourth-order valence-electron chi connectivity index (χ4n) is 1.67. The number of nitrogens with zero attached hydrogens (tertiary/aromatic N) is 2. The lowest BCUT2D eigenvalue weighted by Crippen LogP contribution is -1.97. The third kappa shape index (κ3) is 3.34. The summed E-state index contributed by atoms with van der Waals surface area (Å²) in [5.74, 6) is 1.70. The zero-order valence-corrected chi connectivity index (χ0v) is 11.1. The van der Waals surface area contributed by atoms with Crippen LogP contribution in [0.3, 0.4) is 0 Å². The van der Waals surface area contributed by atoms with E-state index in [1.54, 1.807) is 25.3 Å². The van der Waals surface area contributed by atoms with Crippen molar-refractivity contribution in [2.75, 3.05) is 12.8 Å². The Kier molecular flexibility index (Phi) is 4.18. The SMILES string of the molecule is CCCc1cc(Oc2cc(OC)ccc2N)ncn1. The summed E-state index contributed by atoms with van der Waals surface area (Å²) >= 11 is 0. The van der Waals surface area contributed by atoms with E-state index < -0.39 is 0 Å². The van der Waals surface area contributed by atoms with Crippen LogP contribution in [0.25, 0.3) is 0 Å². The lowest BCUT2D eigenvalue weighted by molar-refractivity contribution is 0.407. The molecule has 0 aliphatic carbocycles. The van der Waals surface area contributed by atoms with Crippen molar-refractivity contribution in [2.24, 2.45) is 0 Å². The van der Waals surface area contributed by atoms with E-state index >= 15 is 0 Å². The minimum atomic E-state index is 0.485. The number of hydrogen-bond donors (Lipinski definition) is 1. The Hall–Kier alpha value is -2.30. The highest BCUT2D eigenvalue weighted by Gasteiger charge is 2.06. The van der Waals surface area contributed by atoms with Crippen LogP contribution in [0.15, 0.2) is 30.6 Å². The first kappa shape index (κ1) is 13.1. The van der Waals surface area contributed by atoms with Gasteiger partial charge in [0.05, 0.1) is 12.8 Å². The normalized spacial score (nSPS) is 10.2. The third-order valence-electron chi connectivity index (χ3n) is 2.64. The van der Waals surface area contributed by atoms with Crippen LogP contribution in [0.5, 0.6) is 17.4 Å². The summed E-state index contributed by atoms with van der Waals surface area (Å²) in [6.45, 7) is 2.10. The number of methoxy groups -OCH3 is 1. The maximum absolute atomic E-state index is 5.86. The molecule has 0 spiro atoms. The highest BCUT2D eigenvalue weighted by atomic mass is 16.5. The smallest absolute Gasteiger partial charge is 0.222 e. The van der Waals surface area contributed by atoms with Gasteiger partial charge in [0, 0.05) is 17.8 Å². The van der Waals surface area contributed by atoms with E-state index in [2.05, 4.69) is 16.9 Å². The topological polar surface area (TPSA) is 70.3 Å². The van der Waals surface area contributed by atoms with Crippen molar-refractivity contribution < 1.29 is 9.47 Å². The average molecular weight is 259 g/mol. The summed E-state index contributed by atoms with van der Waals surface area (Å²) in [5, 5.41) is 0. The Labute approximate surface area is 112 Å². The predicted molar refractivity (Wildman–Crippen MR) is 73.5 cm³/mol. The Morgan fingerprint density at radius 1 is 1.21 bits per heavy atom. The molecule has 2 rings (SSSR count). The van der Waals surface area contributed by atoms with Gasteiger partial charge in [-0.1, -0.05) is 13.3 Å². The Morgan fingerprint density at radius 2 is 2.05 bits per heavy atom. The number of rotatable bonds is 5. The molecule has 0 amide bonds. The number of anilines is 1. The van der Waals surface area contributed by atoms with Crippen LogP contribution >= 0.6 is 0 Å². The molecule has 0 bridgehead atoms. The van der Waals surface area contributed by atoms with Gasteiger partial charge < -0.3 is 15.2 Å². The minimum absolute atomic E-state index is 0.485. The van der Waals surface area contributed by atoms with Crippen molar-refractivity contribution in [1.82, 2.24) is 9.97 Å². The quantitative estimate of drug-likeness (QED) is 0.836. The van der Waals surface area contributed by atoms with Crippen LogP contribution < -0.4 is 15.2 Å². The Morgan fingerprint density at radius 3 is 2.79 bits per heavy atom. The molecular formula is C14H17N3O2. The number of aryl methyl sites for hydroxylation is 1. The van der Waals surface area contributed by atoms with Gasteiger partial charge in [-0.2, -0.15) is 0 Å². The molecule has 0 aliphatic rings. The number of hydrogen-bond acceptors (Lipinski definition) is 5. The monoisotopic (exact) mass is 259 g/mol. The van der Waals surface area contributed by atoms with Gasteiger partial charge in [0.15, 0.2) is 5.75 Å². The van der Waals surface area contributed by atoms with Crippen LogP contribution in [-0.4, -0.2) is 17.1 Å². The molecule has 100 valence electrons. The molecule has 0 fully saturated rings. The van der Waals surface area contributed by atoms with Crippen LogP contribution in [0.4, 0.5) is 5.69 Å². The van der Waals surface area contributed by atoms with Crippen LogP contribution in [0.1, 0.15) is 19.0 Å². The van der Waals surface area contributed by atoms with Gasteiger partial charge >= 0.3 is 0 Å². The average Bonchev–Trinajstić information content (AvgIpc) is 2.42. The van der Waals surface area contributed by atoms with Gasteiger partial charge in [0.2, 0.25) is 5.88 Å². The summed E-state index contributed by atoms with van der Waals surface area (Å²) in [5.41, 5.74) is 7.36. The van der Waals surface area contributed by atoms with Gasteiger partial charge in [-0.15, -0.1) is 0 Å². The number of aromatic nitrogens is 2. The van der Waals surface area contributed by atoms with Gasteiger partial charge in [-0.05, 0) is 18.6 Å². The molecule has 2 N–H and O–H groups in total. The zero-order valence-electron chi connectivity index (χ0n) is 11.1. The molecule has 1 aromatic heterocycles. The first-order valence-corrected chi connectivity index (χ1v) is 6.15. The molecule has 2 aromatic rings. The van der Waals surface area contributed by atoms with Crippen molar-refractivity contribution in [1.29, 1.82) is 0 Å². The fourth-order valence-corrected chi connectivity index (χ4v) is 1.67. The first-order valence-electron chi connectivity index (χ1n) is 6.15. The van der Waals surface area contributed by atoms with E-state index in [4.69, 9.17) is 15.2 Å². The predicted octanol–water partition coefficient (Wildman–Crippen LogP) is 2.81. The number of nitrogens with two attached hydrogens (primary N) is 1. The number of nitrogen functional groups attached to an aromatic ring is 1. The third-order valence-corrected chi connectivity index (χ3v) is 2.64. The zero-order chi connectivity index (χ0) is 13.7. The Bertz CT molecular complexity index is 558. The second-order valence-corrected chi connectivity index (χ2v) is 4.10. The second-order valence-electron chi connectivity index (χ2n) is 4.10. The lowest BCUT2D eigenvalue weighted by Gasteiger charge is -2.09. The van der Waals surface area contributed by atoms with E-state index in [1.165, 1.54) is 6.33 Å². The highest BCUT2D eigenvalue weighted by molar-refractivity contribution is 5.56.